The molecule has 0 saturated carbocycles. The number of fused-ring (bicyclic) bond motifs is 9. The molecule has 27 heavy (non-hydrogen) atoms. The van der Waals surface area contributed by atoms with E-state index in [1.165, 1.54) is 59.4 Å². The first-order chi connectivity index (χ1) is 13.3. The van der Waals surface area contributed by atoms with Crippen molar-refractivity contribution in [1.82, 2.24) is 0 Å². The first-order valence-corrected chi connectivity index (χ1v) is 9.46. The fraction of sp³-hybridized carbons (Fsp3) is 0.0370. The van der Waals surface area contributed by atoms with Crippen LogP contribution in [0.5, 0.6) is 0 Å². The number of benzene rings is 6. The Kier molecular flexibility index (Phi) is 2.90. The molecular weight excluding hydrogens is 324 g/mol. The third-order valence-corrected chi connectivity index (χ3v) is 5.84. The lowest BCUT2D eigenvalue weighted by Crippen LogP contribution is -1.85. The lowest BCUT2D eigenvalue weighted by atomic mass is 9.90. The Balaban J connectivity index is 2.00. The third-order valence-electron chi connectivity index (χ3n) is 5.84. The van der Waals surface area contributed by atoms with Gasteiger partial charge in [-0.05, 0) is 60.8 Å². The molecule has 0 nitrogen and oxygen atoms in total. The minimum Gasteiger partial charge on any atom is -0.0616 e. The van der Waals surface area contributed by atoms with Crippen LogP contribution < -0.4 is 0 Å². The second-order valence-corrected chi connectivity index (χ2v) is 7.50. The fourth-order valence-electron chi connectivity index (χ4n) is 4.59. The maximum Gasteiger partial charge on any atom is -0.00143 e. The molecule has 6 aromatic carbocycles. The molecule has 0 aliphatic carbocycles. The van der Waals surface area contributed by atoms with E-state index in [2.05, 4.69) is 97.9 Å². The topological polar surface area (TPSA) is 0 Å². The smallest absolute Gasteiger partial charge is 0.00143 e. The number of hydrogen-bond donors (Lipinski definition) is 0. The predicted octanol–water partition coefficient (Wildman–Crippen LogP) is 7.76. The van der Waals surface area contributed by atoms with E-state index in [1.54, 1.807) is 0 Å². The summed E-state index contributed by atoms with van der Waals surface area (Å²) in [5.41, 5.74) is 1.30. The van der Waals surface area contributed by atoms with E-state index < -0.39 is 0 Å². The second-order valence-electron chi connectivity index (χ2n) is 7.50. The number of aryl methyl sites for hydroxylation is 1. The van der Waals surface area contributed by atoms with Gasteiger partial charge in [0.1, 0.15) is 0 Å². The lowest BCUT2D eigenvalue weighted by molar-refractivity contribution is 1.51. The van der Waals surface area contributed by atoms with Gasteiger partial charge in [0.15, 0.2) is 0 Å². The molecule has 0 bridgehead atoms. The van der Waals surface area contributed by atoms with Crippen LogP contribution in [0.25, 0.3) is 53.9 Å². The first kappa shape index (κ1) is 14.8. The Hall–Kier alpha value is -3.38. The van der Waals surface area contributed by atoms with Gasteiger partial charge in [0.25, 0.3) is 0 Å². The molecule has 0 amide bonds. The summed E-state index contributed by atoms with van der Waals surface area (Å²) < 4.78 is 0. The van der Waals surface area contributed by atoms with E-state index in [0.717, 1.165) is 0 Å². The third kappa shape index (κ3) is 2.04. The van der Waals surface area contributed by atoms with Crippen LogP contribution in [0.2, 0.25) is 0 Å². The van der Waals surface area contributed by atoms with Gasteiger partial charge < -0.3 is 0 Å². The Morgan fingerprint density at radius 2 is 0.926 bits per heavy atom. The summed E-state index contributed by atoms with van der Waals surface area (Å²) >= 11 is 0. The molecule has 0 saturated heterocycles. The molecule has 0 heterocycles. The van der Waals surface area contributed by atoms with Crippen molar-refractivity contribution >= 4 is 53.9 Å². The van der Waals surface area contributed by atoms with E-state index in [4.69, 9.17) is 0 Å². The van der Waals surface area contributed by atoms with Crippen LogP contribution >= 0.6 is 0 Å². The average Bonchev–Trinajstić information content (AvgIpc) is 2.72. The van der Waals surface area contributed by atoms with Gasteiger partial charge in [0.2, 0.25) is 0 Å². The zero-order chi connectivity index (χ0) is 18.0. The Bertz CT molecular complexity index is 1510. The molecule has 0 aliphatic heterocycles. The van der Waals surface area contributed by atoms with Crippen LogP contribution in [0.3, 0.4) is 0 Å². The van der Waals surface area contributed by atoms with Crippen molar-refractivity contribution in [2.75, 3.05) is 0 Å². The van der Waals surface area contributed by atoms with Gasteiger partial charge in [-0.1, -0.05) is 96.6 Å². The Morgan fingerprint density at radius 1 is 0.407 bits per heavy atom. The highest BCUT2D eigenvalue weighted by Gasteiger charge is 2.11. The van der Waals surface area contributed by atoms with Crippen molar-refractivity contribution in [2.24, 2.45) is 0 Å². The maximum absolute atomic E-state index is 2.29. The zero-order valence-corrected chi connectivity index (χ0v) is 15.2. The summed E-state index contributed by atoms with van der Waals surface area (Å²) in [6, 6.07) is 33.6. The summed E-state index contributed by atoms with van der Waals surface area (Å²) in [5, 5.41) is 13.3. The van der Waals surface area contributed by atoms with Crippen molar-refractivity contribution in [3.05, 3.63) is 96.6 Å². The molecule has 0 heteroatoms. The van der Waals surface area contributed by atoms with Crippen LogP contribution in [0.4, 0.5) is 0 Å². The molecule has 6 aromatic rings. The fourth-order valence-corrected chi connectivity index (χ4v) is 4.59. The Morgan fingerprint density at radius 3 is 1.63 bits per heavy atom. The van der Waals surface area contributed by atoms with Crippen molar-refractivity contribution in [2.45, 2.75) is 6.92 Å². The first-order valence-electron chi connectivity index (χ1n) is 9.46. The molecule has 0 radical (unpaired) electrons. The predicted molar refractivity (Wildman–Crippen MR) is 119 cm³/mol. The van der Waals surface area contributed by atoms with E-state index in [-0.39, 0.29) is 0 Å². The Labute approximate surface area is 157 Å². The minimum absolute atomic E-state index is 1.30. The van der Waals surface area contributed by atoms with Crippen molar-refractivity contribution < 1.29 is 0 Å². The molecule has 0 N–H and O–H groups in total. The molecule has 0 fully saturated rings. The summed E-state index contributed by atoms with van der Waals surface area (Å²) in [5.74, 6) is 0. The molecule has 126 valence electrons. The molecule has 0 spiro atoms. The monoisotopic (exact) mass is 342 g/mol. The molecular formula is C27H18. The highest BCUT2D eigenvalue weighted by molar-refractivity contribution is 6.32. The summed E-state index contributed by atoms with van der Waals surface area (Å²) in [6.45, 7) is 2.16. The standard InChI is InChI=1S/C27H18/c1-17-6-15-24-22(16-17)14-13-20-10-12-21-11-9-19-8-7-18-4-2-3-5-23(18)25(19)27(21)26(20)24/h2-16H,1H3. The van der Waals surface area contributed by atoms with Gasteiger partial charge in [-0.2, -0.15) is 0 Å². The van der Waals surface area contributed by atoms with Gasteiger partial charge in [0, 0.05) is 0 Å². The van der Waals surface area contributed by atoms with Gasteiger partial charge in [-0.15, -0.1) is 0 Å². The molecule has 0 atom stereocenters. The van der Waals surface area contributed by atoms with Gasteiger partial charge in [0.05, 0.1) is 0 Å². The number of rotatable bonds is 0. The highest BCUT2D eigenvalue weighted by Crippen LogP contribution is 2.39. The largest absolute Gasteiger partial charge is 0.0616 e. The second kappa shape index (κ2) is 5.31. The van der Waals surface area contributed by atoms with E-state index in [1.807, 2.05) is 0 Å². The average molecular weight is 342 g/mol. The van der Waals surface area contributed by atoms with Crippen molar-refractivity contribution in [3.8, 4) is 0 Å². The van der Waals surface area contributed by atoms with Crippen LogP contribution in [0, 0.1) is 6.92 Å². The zero-order valence-electron chi connectivity index (χ0n) is 15.2. The molecule has 0 aromatic heterocycles. The molecule has 6 rings (SSSR count). The van der Waals surface area contributed by atoms with E-state index in [9.17, 15) is 0 Å². The van der Waals surface area contributed by atoms with E-state index >= 15 is 0 Å². The normalized spacial score (nSPS) is 11.9. The summed E-state index contributed by atoms with van der Waals surface area (Å²) in [7, 11) is 0. The minimum atomic E-state index is 1.30. The van der Waals surface area contributed by atoms with E-state index in [0.29, 0.717) is 0 Å². The van der Waals surface area contributed by atoms with Crippen molar-refractivity contribution in [3.63, 3.8) is 0 Å². The van der Waals surface area contributed by atoms with Crippen molar-refractivity contribution in [1.29, 1.82) is 0 Å². The van der Waals surface area contributed by atoms with Gasteiger partial charge in [-0.3, -0.25) is 0 Å². The highest BCUT2D eigenvalue weighted by atomic mass is 14.1. The number of hydrogen-bond acceptors (Lipinski definition) is 0. The molecule has 0 unspecified atom stereocenters. The van der Waals surface area contributed by atoms with Crippen LogP contribution in [0.15, 0.2) is 91.0 Å². The maximum atomic E-state index is 2.29. The SMILES string of the molecule is Cc1ccc2c(ccc3ccc4ccc5ccc6ccccc6c5c4c32)c1. The van der Waals surface area contributed by atoms with Crippen LogP contribution in [-0.4, -0.2) is 0 Å². The lowest BCUT2D eigenvalue weighted by Gasteiger charge is -2.13. The quantitative estimate of drug-likeness (QED) is 0.247. The van der Waals surface area contributed by atoms with Gasteiger partial charge >= 0.3 is 0 Å². The van der Waals surface area contributed by atoms with Crippen LogP contribution in [-0.2, 0) is 0 Å². The summed E-state index contributed by atoms with van der Waals surface area (Å²) in [4.78, 5) is 0. The van der Waals surface area contributed by atoms with Crippen LogP contribution in [0.1, 0.15) is 5.56 Å². The summed E-state index contributed by atoms with van der Waals surface area (Å²) in [6.07, 6.45) is 0. The molecule has 0 aliphatic rings. The van der Waals surface area contributed by atoms with Gasteiger partial charge in [-0.25, -0.2) is 0 Å².